The summed E-state index contributed by atoms with van der Waals surface area (Å²) < 4.78 is 5.56. The molecular formula is C22H30N4O2. The number of aryl methyl sites for hydroxylation is 1. The first-order valence-electron chi connectivity index (χ1n) is 10.6. The van der Waals surface area contributed by atoms with Crippen LogP contribution in [0.25, 0.3) is 11.4 Å². The molecule has 0 spiro atoms. The highest BCUT2D eigenvalue weighted by molar-refractivity contribution is 5.78. The van der Waals surface area contributed by atoms with Crippen molar-refractivity contribution in [1.29, 1.82) is 0 Å². The summed E-state index contributed by atoms with van der Waals surface area (Å²) in [7, 11) is 0. The molecule has 1 amide bonds. The number of benzene rings is 1. The Morgan fingerprint density at radius 3 is 2.71 bits per heavy atom. The van der Waals surface area contributed by atoms with E-state index in [2.05, 4.69) is 39.4 Å². The Labute approximate surface area is 166 Å². The van der Waals surface area contributed by atoms with Gasteiger partial charge >= 0.3 is 0 Å². The molecule has 2 aromatic rings. The van der Waals surface area contributed by atoms with Crippen LogP contribution in [-0.2, 0) is 4.79 Å². The van der Waals surface area contributed by atoms with Crippen LogP contribution in [0.2, 0.25) is 0 Å². The van der Waals surface area contributed by atoms with Crippen LogP contribution < -0.4 is 5.32 Å². The molecule has 1 aliphatic heterocycles. The molecule has 2 aliphatic rings. The molecular weight excluding hydrogens is 352 g/mol. The quantitative estimate of drug-likeness (QED) is 0.854. The number of amides is 1. The van der Waals surface area contributed by atoms with Crippen molar-refractivity contribution in [3.05, 3.63) is 35.7 Å². The van der Waals surface area contributed by atoms with Gasteiger partial charge in [0.05, 0.1) is 6.54 Å². The van der Waals surface area contributed by atoms with Crippen LogP contribution in [0, 0.1) is 6.92 Å². The molecule has 4 rings (SSSR count). The standard InChI is InChI=1S/C22H30N4O2/c1-16-6-5-7-18(14-16)21-24-22(28-25-21)17-10-12-26(13-11-17)15-20(27)23-19-8-3-2-4-9-19/h5-7,14,17,19H,2-4,8-13,15H2,1H3,(H,23,27). The Bertz CT molecular complexity index is 789. The molecule has 6 nitrogen and oxygen atoms in total. The summed E-state index contributed by atoms with van der Waals surface area (Å²) in [6, 6.07) is 8.54. The lowest BCUT2D eigenvalue weighted by Crippen LogP contribution is -2.44. The van der Waals surface area contributed by atoms with E-state index >= 15 is 0 Å². The van der Waals surface area contributed by atoms with Gasteiger partial charge in [0.1, 0.15) is 0 Å². The lowest BCUT2D eigenvalue weighted by atomic mass is 9.95. The van der Waals surface area contributed by atoms with Gasteiger partial charge in [0.2, 0.25) is 17.6 Å². The molecule has 2 fully saturated rings. The van der Waals surface area contributed by atoms with E-state index in [4.69, 9.17) is 4.52 Å². The third kappa shape index (κ3) is 4.79. The van der Waals surface area contributed by atoms with Gasteiger partial charge in [-0.05, 0) is 51.8 Å². The molecule has 1 saturated carbocycles. The molecule has 28 heavy (non-hydrogen) atoms. The fourth-order valence-corrected chi connectivity index (χ4v) is 4.36. The average molecular weight is 383 g/mol. The molecule has 6 heteroatoms. The van der Waals surface area contributed by atoms with E-state index in [1.165, 1.54) is 24.8 Å². The van der Waals surface area contributed by atoms with Crippen LogP contribution in [0.1, 0.15) is 62.3 Å². The number of hydrogen-bond donors (Lipinski definition) is 1. The largest absolute Gasteiger partial charge is 0.352 e. The second-order valence-corrected chi connectivity index (χ2v) is 8.28. The highest BCUT2D eigenvalue weighted by Gasteiger charge is 2.27. The van der Waals surface area contributed by atoms with E-state index in [0.29, 0.717) is 18.4 Å². The van der Waals surface area contributed by atoms with Gasteiger partial charge in [-0.25, -0.2) is 0 Å². The maximum Gasteiger partial charge on any atom is 0.234 e. The fourth-order valence-electron chi connectivity index (χ4n) is 4.36. The van der Waals surface area contributed by atoms with Crippen LogP contribution >= 0.6 is 0 Å². The maximum atomic E-state index is 12.3. The summed E-state index contributed by atoms with van der Waals surface area (Å²) in [6.45, 7) is 4.35. The van der Waals surface area contributed by atoms with Crippen LogP contribution in [0.15, 0.2) is 28.8 Å². The van der Waals surface area contributed by atoms with Crippen molar-refractivity contribution in [3.8, 4) is 11.4 Å². The van der Waals surface area contributed by atoms with Crippen LogP contribution in [0.4, 0.5) is 0 Å². The molecule has 0 bridgehead atoms. The molecule has 1 aliphatic carbocycles. The van der Waals surface area contributed by atoms with Gasteiger partial charge in [0, 0.05) is 17.5 Å². The summed E-state index contributed by atoms with van der Waals surface area (Å²) in [6.07, 6.45) is 7.96. The van der Waals surface area contributed by atoms with E-state index < -0.39 is 0 Å². The molecule has 150 valence electrons. The van der Waals surface area contributed by atoms with Crippen molar-refractivity contribution < 1.29 is 9.32 Å². The lowest BCUT2D eigenvalue weighted by molar-refractivity contribution is -0.123. The average Bonchev–Trinajstić information content (AvgIpc) is 3.19. The van der Waals surface area contributed by atoms with E-state index in [9.17, 15) is 4.79 Å². The van der Waals surface area contributed by atoms with Gasteiger partial charge in [-0.2, -0.15) is 4.98 Å². The lowest BCUT2D eigenvalue weighted by Gasteiger charge is -2.30. The van der Waals surface area contributed by atoms with Gasteiger partial charge in [0.25, 0.3) is 0 Å². The van der Waals surface area contributed by atoms with Crippen molar-refractivity contribution >= 4 is 5.91 Å². The summed E-state index contributed by atoms with van der Waals surface area (Å²) in [4.78, 5) is 19.2. The number of carbonyl (C=O) groups excluding carboxylic acids is 1. The monoisotopic (exact) mass is 382 g/mol. The highest BCUT2D eigenvalue weighted by atomic mass is 16.5. The van der Waals surface area contributed by atoms with Crippen molar-refractivity contribution in [2.24, 2.45) is 0 Å². The molecule has 1 aromatic heterocycles. The number of likely N-dealkylation sites (tertiary alicyclic amines) is 1. The Hall–Kier alpha value is -2.21. The number of aromatic nitrogens is 2. The molecule has 0 radical (unpaired) electrons. The SMILES string of the molecule is Cc1cccc(-c2noc(C3CCN(CC(=O)NC4CCCCC4)CC3)n2)c1. The van der Waals surface area contributed by atoms with Crippen LogP contribution in [-0.4, -0.2) is 46.6 Å². The zero-order chi connectivity index (χ0) is 19.3. The minimum Gasteiger partial charge on any atom is -0.352 e. The molecule has 0 unspecified atom stereocenters. The highest BCUT2D eigenvalue weighted by Crippen LogP contribution is 2.28. The molecule has 2 heterocycles. The van der Waals surface area contributed by atoms with E-state index in [1.807, 2.05) is 12.1 Å². The normalized spacial score (nSPS) is 19.6. The number of piperidine rings is 1. The zero-order valence-electron chi connectivity index (χ0n) is 16.7. The van der Waals surface area contributed by atoms with Crippen molar-refractivity contribution in [2.75, 3.05) is 19.6 Å². The minimum atomic E-state index is 0.171. The third-order valence-corrected chi connectivity index (χ3v) is 5.99. The van der Waals surface area contributed by atoms with E-state index in [-0.39, 0.29) is 11.8 Å². The Kier molecular flexibility index (Phi) is 6.05. The zero-order valence-corrected chi connectivity index (χ0v) is 16.7. The molecule has 1 saturated heterocycles. The van der Waals surface area contributed by atoms with Crippen molar-refractivity contribution in [3.63, 3.8) is 0 Å². The molecule has 0 atom stereocenters. The topological polar surface area (TPSA) is 71.3 Å². The second-order valence-electron chi connectivity index (χ2n) is 8.28. The Morgan fingerprint density at radius 1 is 1.18 bits per heavy atom. The van der Waals surface area contributed by atoms with Crippen LogP contribution in [0.5, 0.6) is 0 Å². The van der Waals surface area contributed by atoms with E-state index in [1.54, 1.807) is 0 Å². The van der Waals surface area contributed by atoms with Gasteiger partial charge in [-0.15, -0.1) is 0 Å². The molecule has 1 N–H and O–H groups in total. The van der Waals surface area contributed by atoms with Crippen molar-refractivity contribution in [1.82, 2.24) is 20.4 Å². The first kappa shape index (κ1) is 19.1. The summed E-state index contributed by atoms with van der Waals surface area (Å²) in [5.41, 5.74) is 2.18. The Balaban J connectivity index is 1.27. The number of carbonyl (C=O) groups is 1. The Morgan fingerprint density at radius 2 is 1.96 bits per heavy atom. The smallest absolute Gasteiger partial charge is 0.234 e. The van der Waals surface area contributed by atoms with E-state index in [0.717, 1.165) is 50.2 Å². The minimum absolute atomic E-state index is 0.171. The summed E-state index contributed by atoms with van der Waals surface area (Å²) >= 11 is 0. The van der Waals surface area contributed by atoms with Crippen molar-refractivity contribution in [2.45, 2.75) is 63.8 Å². The maximum absolute atomic E-state index is 12.3. The second kappa shape index (κ2) is 8.86. The summed E-state index contributed by atoms with van der Waals surface area (Å²) in [5, 5.41) is 7.38. The predicted molar refractivity (Wildman–Crippen MR) is 108 cm³/mol. The predicted octanol–water partition coefficient (Wildman–Crippen LogP) is 3.67. The van der Waals surface area contributed by atoms with Gasteiger partial charge in [-0.1, -0.05) is 48.2 Å². The summed E-state index contributed by atoms with van der Waals surface area (Å²) in [5.74, 6) is 1.84. The number of rotatable bonds is 5. The van der Waals surface area contributed by atoms with Gasteiger partial charge in [0.15, 0.2) is 0 Å². The third-order valence-electron chi connectivity index (χ3n) is 5.99. The first-order chi connectivity index (χ1) is 13.7. The number of nitrogens with one attached hydrogen (secondary N) is 1. The van der Waals surface area contributed by atoms with Gasteiger partial charge < -0.3 is 9.84 Å². The number of nitrogens with zero attached hydrogens (tertiary/aromatic N) is 3. The molecule has 1 aromatic carbocycles. The fraction of sp³-hybridized carbons (Fsp3) is 0.591. The van der Waals surface area contributed by atoms with Gasteiger partial charge in [-0.3, -0.25) is 9.69 Å². The number of hydrogen-bond acceptors (Lipinski definition) is 5. The van der Waals surface area contributed by atoms with Crippen LogP contribution in [0.3, 0.4) is 0 Å². The first-order valence-corrected chi connectivity index (χ1v) is 10.6.